The van der Waals surface area contributed by atoms with E-state index in [2.05, 4.69) is 5.10 Å². The summed E-state index contributed by atoms with van der Waals surface area (Å²) in [6.07, 6.45) is 4.86. The molecule has 10 heteroatoms. The van der Waals surface area contributed by atoms with E-state index in [0.29, 0.717) is 73.1 Å². The molecule has 0 radical (unpaired) electrons. The van der Waals surface area contributed by atoms with E-state index in [9.17, 15) is 19.5 Å². The van der Waals surface area contributed by atoms with Crippen LogP contribution in [0.3, 0.4) is 0 Å². The number of nitrogens with zero attached hydrogens (tertiary/aromatic N) is 3. The highest BCUT2D eigenvalue weighted by Crippen LogP contribution is 2.43. The lowest BCUT2D eigenvalue weighted by Gasteiger charge is -2.44. The highest BCUT2D eigenvalue weighted by atomic mass is 16.5. The van der Waals surface area contributed by atoms with Crippen molar-refractivity contribution < 1.29 is 33.7 Å². The number of aromatic nitrogens is 2. The van der Waals surface area contributed by atoms with Gasteiger partial charge in [-0.15, -0.1) is 0 Å². The Morgan fingerprint density at radius 2 is 1.62 bits per heavy atom. The average Bonchev–Trinajstić information content (AvgIpc) is 3.46. The van der Waals surface area contributed by atoms with Crippen molar-refractivity contribution in [3.8, 4) is 39.5 Å². The van der Waals surface area contributed by atoms with Crippen molar-refractivity contribution in [2.24, 2.45) is 7.05 Å². The van der Waals surface area contributed by atoms with Crippen molar-refractivity contribution in [1.82, 2.24) is 14.7 Å². The summed E-state index contributed by atoms with van der Waals surface area (Å²) in [5, 5.41) is 13.6. The Bertz CT molecular complexity index is 1760. The molecule has 4 aromatic rings. The number of aromatic carboxylic acids is 1. The number of aryl methyl sites for hydroxylation is 1. The number of carbonyl (C=O) groups excluding carboxylic acids is 2. The van der Waals surface area contributed by atoms with E-state index in [-0.39, 0.29) is 23.7 Å². The summed E-state index contributed by atoms with van der Waals surface area (Å²) in [5.41, 5.74) is 3.50. The van der Waals surface area contributed by atoms with Crippen molar-refractivity contribution >= 4 is 17.7 Å². The first-order chi connectivity index (χ1) is 21.7. The lowest BCUT2D eigenvalue weighted by Crippen LogP contribution is -2.52. The first-order valence-electron chi connectivity index (χ1n) is 15.1. The second kappa shape index (κ2) is 12.1. The minimum atomic E-state index is -1.01. The lowest BCUT2D eigenvalue weighted by atomic mass is 9.81. The first-order valence-corrected chi connectivity index (χ1v) is 15.1. The summed E-state index contributed by atoms with van der Waals surface area (Å²) < 4.78 is 20.2. The standard InChI is InChI=1S/C35H35N3O7/c1-4-43-30-17-25(18-31(44-5-2)32(30)26-20-36-37(3)21-26)33(40)38-13-11-35(12-14-38)19-28(39)27-16-23(9-10-29(27)45-35)22-7-6-8-24(15-22)34(41)42/h6-10,15-18,20-21H,4-5,11-14,19H2,1-3H3,(H,41,42). The Morgan fingerprint density at radius 1 is 0.933 bits per heavy atom. The monoisotopic (exact) mass is 609 g/mol. The van der Waals surface area contributed by atoms with Crippen molar-refractivity contribution in [3.05, 3.63) is 83.7 Å². The zero-order valence-corrected chi connectivity index (χ0v) is 25.5. The number of carboxylic acid groups (broad SMARTS) is 1. The summed E-state index contributed by atoms with van der Waals surface area (Å²) in [7, 11) is 1.84. The number of amides is 1. The molecule has 1 fully saturated rings. The summed E-state index contributed by atoms with van der Waals surface area (Å²) in [6.45, 7) is 5.50. The van der Waals surface area contributed by atoms with Crippen LogP contribution in [0.4, 0.5) is 0 Å². The predicted octanol–water partition coefficient (Wildman–Crippen LogP) is 5.89. The van der Waals surface area contributed by atoms with Gasteiger partial charge in [-0.1, -0.05) is 18.2 Å². The van der Waals surface area contributed by atoms with Crippen molar-refractivity contribution in [1.29, 1.82) is 0 Å². The molecule has 232 valence electrons. The largest absolute Gasteiger partial charge is 0.493 e. The molecule has 1 N–H and O–H groups in total. The molecule has 0 atom stereocenters. The van der Waals surface area contributed by atoms with Crippen LogP contribution < -0.4 is 14.2 Å². The molecule has 2 aliphatic rings. The molecule has 3 aromatic carbocycles. The number of fused-ring (bicyclic) bond motifs is 1. The average molecular weight is 610 g/mol. The SMILES string of the molecule is CCOc1cc(C(=O)N2CCC3(CC2)CC(=O)c2cc(-c4cccc(C(=O)O)c4)ccc2O3)cc(OCC)c1-c1cnn(C)c1. The molecule has 1 amide bonds. The fourth-order valence-electron chi connectivity index (χ4n) is 6.17. The Hall–Kier alpha value is -5.12. The zero-order valence-electron chi connectivity index (χ0n) is 25.5. The maximum atomic E-state index is 13.8. The number of rotatable bonds is 8. The number of likely N-dealkylation sites (tertiary alicyclic amines) is 1. The van der Waals surface area contributed by atoms with Gasteiger partial charge in [-0.25, -0.2) is 4.79 Å². The molecule has 0 unspecified atom stereocenters. The first kappa shape index (κ1) is 29.9. The van der Waals surface area contributed by atoms with Crippen molar-refractivity contribution in [2.45, 2.75) is 38.7 Å². The van der Waals surface area contributed by atoms with Crippen molar-refractivity contribution in [3.63, 3.8) is 0 Å². The van der Waals surface area contributed by atoms with Crippen LogP contribution in [-0.2, 0) is 7.05 Å². The molecule has 0 aliphatic carbocycles. The summed E-state index contributed by atoms with van der Waals surface area (Å²) >= 11 is 0. The smallest absolute Gasteiger partial charge is 0.335 e. The fourth-order valence-corrected chi connectivity index (χ4v) is 6.17. The highest BCUT2D eigenvalue weighted by molar-refractivity contribution is 6.02. The van der Waals surface area contributed by atoms with Crippen LogP contribution in [0.2, 0.25) is 0 Å². The van der Waals surface area contributed by atoms with E-state index >= 15 is 0 Å². The Kier molecular flexibility index (Phi) is 8.05. The van der Waals surface area contributed by atoms with E-state index in [1.165, 1.54) is 6.07 Å². The molecule has 1 aromatic heterocycles. The van der Waals surface area contributed by atoms with E-state index < -0.39 is 11.6 Å². The van der Waals surface area contributed by atoms with Crippen LogP contribution in [0.5, 0.6) is 17.2 Å². The number of Topliss-reactive ketones (excluding diaryl/α,β-unsaturated/α-hetero) is 1. The lowest BCUT2D eigenvalue weighted by molar-refractivity contribution is -0.00573. The number of piperidine rings is 1. The van der Waals surface area contributed by atoms with E-state index in [1.807, 2.05) is 39.2 Å². The molecule has 0 saturated carbocycles. The predicted molar refractivity (Wildman–Crippen MR) is 167 cm³/mol. The quantitative estimate of drug-likeness (QED) is 0.263. The molecule has 1 spiro atoms. The number of ketones is 1. The number of carbonyl (C=O) groups is 3. The minimum Gasteiger partial charge on any atom is -0.493 e. The van der Waals surface area contributed by atoms with Gasteiger partial charge in [-0.3, -0.25) is 14.3 Å². The third-order valence-corrected chi connectivity index (χ3v) is 8.40. The highest BCUT2D eigenvalue weighted by Gasteiger charge is 2.44. The van der Waals surface area contributed by atoms with Gasteiger partial charge in [0, 0.05) is 50.3 Å². The van der Waals surface area contributed by atoms with Crippen LogP contribution in [0.1, 0.15) is 64.2 Å². The van der Waals surface area contributed by atoms with Crippen LogP contribution >= 0.6 is 0 Å². The van der Waals surface area contributed by atoms with Crippen LogP contribution in [0, 0.1) is 0 Å². The minimum absolute atomic E-state index is 0.0269. The Balaban J connectivity index is 1.20. The van der Waals surface area contributed by atoms with Gasteiger partial charge in [-0.2, -0.15) is 5.10 Å². The number of hydrogen-bond donors (Lipinski definition) is 1. The van der Waals surface area contributed by atoms with Crippen LogP contribution in [-0.4, -0.2) is 69.4 Å². The second-order valence-corrected chi connectivity index (χ2v) is 11.4. The topological polar surface area (TPSA) is 120 Å². The molecule has 2 aliphatic heterocycles. The molecule has 1 saturated heterocycles. The van der Waals surface area contributed by atoms with Crippen molar-refractivity contribution in [2.75, 3.05) is 26.3 Å². The number of carboxylic acids is 1. The summed E-state index contributed by atoms with van der Waals surface area (Å²) in [5.74, 6) is 0.451. The van der Waals surface area contributed by atoms with Gasteiger partial charge in [0.25, 0.3) is 5.91 Å². The van der Waals surface area contributed by atoms with Gasteiger partial charge in [-0.05, 0) is 61.4 Å². The van der Waals surface area contributed by atoms with Crippen LogP contribution in [0.25, 0.3) is 22.3 Å². The van der Waals surface area contributed by atoms with Gasteiger partial charge < -0.3 is 24.2 Å². The number of ether oxygens (including phenoxy) is 3. The van der Waals surface area contributed by atoms with Crippen LogP contribution in [0.15, 0.2) is 67.0 Å². The summed E-state index contributed by atoms with van der Waals surface area (Å²) in [4.78, 5) is 40.4. The van der Waals surface area contributed by atoms with E-state index in [0.717, 1.165) is 16.7 Å². The maximum Gasteiger partial charge on any atom is 0.335 e. The number of hydrogen-bond acceptors (Lipinski definition) is 7. The Morgan fingerprint density at radius 3 is 2.24 bits per heavy atom. The fraction of sp³-hybridized carbons (Fsp3) is 0.314. The molecule has 45 heavy (non-hydrogen) atoms. The third kappa shape index (κ3) is 5.87. The van der Waals surface area contributed by atoms with Gasteiger partial charge in [0.05, 0.1) is 42.5 Å². The third-order valence-electron chi connectivity index (χ3n) is 8.40. The van der Waals surface area contributed by atoms with Gasteiger partial charge >= 0.3 is 5.97 Å². The maximum absolute atomic E-state index is 13.8. The normalized spacial score (nSPS) is 15.4. The number of benzene rings is 3. The van der Waals surface area contributed by atoms with Gasteiger partial charge in [0.1, 0.15) is 22.8 Å². The van der Waals surface area contributed by atoms with Gasteiger partial charge in [0.15, 0.2) is 5.78 Å². The molecular weight excluding hydrogens is 574 g/mol. The van der Waals surface area contributed by atoms with E-state index in [1.54, 1.807) is 52.2 Å². The molecule has 10 nitrogen and oxygen atoms in total. The molecule has 0 bridgehead atoms. The second-order valence-electron chi connectivity index (χ2n) is 11.4. The molecular formula is C35H35N3O7. The Labute approximate surface area is 261 Å². The zero-order chi connectivity index (χ0) is 31.7. The van der Waals surface area contributed by atoms with Gasteiger partial charge in [0.2, 0.25) is 0 Å². The molecule has 3 heterocycles. The summed E-state index contributed by atoms with van der Waals surface area (Å²) in [6, 6.07) is 15.5. The molecule has 6 rings (SSSR count). The van der Waals surface area contributed by atoms with E-state index in [4.69, 9.17) is 14.2 Å².